The SMILES string of the molecule is CC(=O)COC(C)CCO.CCCOCCNC. The van der Waals surface area contributed by atoms with Crippen LogP contribution in [0.4, 0.5) is 0 Å². The van der Waals surface area contributed by atoms with Crippen LogP contribution in [0.25, 0.3) is 0 Å². The highest BCUT2D eigenvalue weighted by atomic mass is 16.5. The third-order valence-electron chi connectivity index (χ3n) is 1.95. The van der Waals surface area contributed by atoms with Crippen molar-refractivity contribution in [2.75, 3.05) is 40.0 Å². The second-order valence-corrected chi connectivity index (χ2v) is 4.05. The van der Waals surface area contributed by atoms with Crippen molar-refractivity contribution in [2.24, 2.45) is 0 Å². The predicted octanol–water partition coefficient (Wildman–Crippen LogP) is 0.995. The molecule has 0 aliphatic rings. The van der Waals surface area contributed by atoms with Gasteiger partial charge in [0, 0.05) is 19.8 Å². The molecule has 0 fully saturated rings. The summed E-state index contributed by atoms with van der Waals surface area (Å²) >= 11 is 0. The maximum absolute atomic E-state index is 10.4. The monoisotopic (exact) mass is 263 g/mol. The number of aliphatic hydroxyl groups excluding tert-OH is 1. The Labute approximate surface area is 111 Å². The number of ketones is 1. The summed E-state index contributed by atoms with van der Waals surface area (Å²) in [5, 5.41) is 11.4. The summed E-state index contributed by atoms with van der Waals surface area (Å²) in [4.78, 5) is 10.4. The molecule has 110 valence electrons. The molecule has 0 aliphatic heterocycles. The second kappa shape index (κ2) is 16.5. The number of carbonyl (C=O) groups is 1. The van der Waals surface area contributed by atoms with Gasteiger partial charge in [0.1, 0.15) is 6.61 Å². The molecule has 0 bridgehead atoms. The van der Waals surface area contributed by atoms with E-state index >= 15 is 0 Å². The van der Waals surface area contributed by atoms with Crippen molar-refractivity contribution in [3.05, 3.63) is 0 Å². The number of hydrogen-bond acceptors (Lipinski definition) is 5. The minimum Gasteiger partial charge on any atom is -0.396 e. The molecule has 0 saturated heterocycles. The van der Waals surface area contributed by atoms with Gasteiger partial charge in [-0.25, -0.2) is 0 Å². The van der Waals surface area contributed by atoms with Crippen LogP contribution in [0, 0.1) is 0 Å². The Morgan fingerprint density at radius 1 is 1.39 bits per heavy atom. The molecule has 0 rings (SSSR count). The van der Waals surface area contributed by atoms with Crippen LogP contribution in [-0.2, 0) is 14.3 Å². The quantitative estimate of drug-likeness (QED) is 0.575. The van der Waals surface area contributed by atoms with Crippen molar-refractivity contribution >= 4 is 5.78 Å². The Hall–Kier alpha value is -0.490. The molecule has 0 aromatic heterocycles. The summed E-state index contributed by atoms with van der Waals surface area (Å²) in [6.07, 6.45) is 1.69. The minimum absolute atomic E-state index is 0.0183. The average molecular weight is 263 g/mol. The highest BCUT2D eigenvalue weighted by molar-refractivity contribution is 5.76. The predicted molar refractivity (Wildman–Crippen MR) is 72.8 cm³/mol. The summed E-state index contributed by atoms with van der Waals surface area (Å²) < 4.78 is 10.2. The topological polar surface area (TPSA) is 67.8 Å². The second-order valence-electron chi connectivity index (χ2n) is 4.05. The van der Waals surface area contributed by atoms with Gasteiger partial charge in [0.2, 0.25) is 0 Å². The van der Waals surface area contributed by atoms with Gasteiger partial charge in [0.05, 0.1) is 12.7 Å². The first-order chi connectivity index (χ1) is 8.58. The van der Waals surface area contributed by atoms with Gasteiger partial charge in [-0.15, -0.1) is 0 Å². The Bertz CT molecular complexity index is 170. The molecule has 0 aromatic rings. The zero-order chi connectivity index (χ0) is 14.2. The minimum atomic E-state index is -0.0195. The normalized spacial score (nSPS) is 11.6. The molecule has 5 heteroatoms. The molecule has 2 N–H and O–H groups in total. The molecule has 0 aromatic carbocycles. The van der Waals surface area contributed by atoms with Crippen LogP contribution in [0.15, 0.2) is 0 Å². The number of carbonyl (C=O) groups excluding carboxylic acids is 1. The van der Waals surface area contributed by atoms with Crippen LogP contribution in [0.1, 0.15) is 33.6 Å². The van der Waals surface area contributed by atoms with Crippen molar-refractivity contribution in [3.8, 4) is 0 Å². The number of aliphatic hydroxyl groups is 1. The zero-order valence-corrected chi connectivity index (χ0v) is 12.2. The summed E-state index contributed by atoms with van der Waals surface area (Å²) in [6, 6.07) is 0. The van der Waals surface area contributed by atoms with E-state index in [1.807, 2.05) is 14.0 Å². The lowest BCUT2D eigenvalue weighted by atomic mass is 10.3. The van der Waals surface area contributed by atoms with Gasteiger partial charge < -0.3 is 19.9 Å². The molecule has 5 nitrogen and oxygen atoms in total. The van der Waals surface area contributed by atoms with E-state index in [1.54, 1.807) is 0 Å². The van der Waals surface area contributed by atoms with Crippen molar-refractivity contribution in [3.63, 3.8) is 0 Å². The van der Waals surface area contributed by atoms with Crippen LogP contribution in [0.5, 0.6) is 0 Å². The van der Waals surface area contributed by atoms with Crippen LogP contribution >= 0.6 is 0 Å². The van der Waals surface area contributed by atoms with E-state index in [4.69, 9.17) is 14.6 Å². The smallest absolute Gasteiger partial charge is 0.155 e. The fourth-order valence-corrected chi connectivity index (χ4v) is 0.945. The highest BCUT2D eigenvalue weighted by Crippen LogP contribution is 1.95. The van der Waals surface area contributed by atoms with Crippen LogP contribution < -0.4 is 5.32 Å². The van der Waals surface area contributed by atoms with Gasteiger partial charge >= 0.3 is 0 Å². The van der Waals surface area contributed by atoms with E-state index in [9.17, 15) is 4.79 Å². The van der Waals surface area contributed by atoms with Crippen LogP contribution in [0.2, 0.25) is 0 Å². The fourth-order valence-electron chi connectivity index (χ4n) is 0.945. The summed E-state index contributed by atoms with van der Waals surface area (Å²) in [7, 11) is 1.93. The third-order valence-corrected chi connectivity index (χ3v) is 1.95. The van der Waals surface area contributed by atoms with E-state index in [0.29, 0.717) is 6.42 Å². The average Bonchev–Trinajstić information content (AvgIpc) is 2.33. The Balaban J connectivity index is 0. The number of hydrogen-bond donors (Lipinski definition) is 2. The summed E-state index contributed by atoms with van der Waals surface area (Å²) in [5.74, 6) is 0.0183. The fraction of sp³-hybridized carbons (Fsp3) is 0.923. The first-order valence-corrected chi connectivity index (χ1v) is 6.52. The van der Waals surface area contributed by atoms with E-state index in [1.165, 1.54) is 6.92 Å². The third kappa shape index (κ3) is 20.9. The van der Waals surface area contributed by atoms with E-state index in [-0.39, 0.29) is 25.1 Å². The summed E-state index contributed by atoms with van der Waals surface area (Å²) in [6.45, 7) is 8.37. The first kappa shape index (κ1) is 19.8. The van der Waals surface area contributed by atoms with Crippen LogP contribution in [-0.4, -0.2) is 57.0 Å². The van der Waals surface area contributed by atoms with E-state index < -0.39 is 0 Å². The molecule has 0 saturated carbocycles. The number of Topliss-reactive ketones (excluding diaryl/α,β-unsaturated/α-hetero) is 1. The molecular weight excluding hydrogens is 234 g/mol. The molecular formula is C13H29NO4. The molecule has 18 heavy (non-hydrogen) atoms. The van der Waals surface area contributed by atoms with Crippen molar-refractivity contribution < 1.29 is 19.4 Å². The Morgan fingerprint density at radius 3 is 2.50 bits per heavy atom. The molecule has 0 amide bonds. The number of rotatable bonds is 10. The molecule has 0 radical (unpaired) electrons. The maximum Gasteiger partial charge on any atom is 0.155 e. The Morgan fingerprint density at radius 2 is 2.06 bits per heavy atom. The van der Waals surface area contributed by atoms with E-state index in [2.05, 4.69) is 12.2 Å². The lowest BCUT2D eigenvalue weighted by molar-refractivity contribution is -0.123. The largest absolute Gasteiger partial charge is 0.396 e. The molecule has 1 atom stereocenters. The number of nitrogens with one attached hydrogen (secondary N) is 1. The van der Waals surface area contributed by atoms with Gasteiger partial charge in [-0.3, -0.25) is 4.79 Å². The van der Waals surface area contributed by atoms with Crippen LogP contribution in [0.3, 0.4) is 0 Å². The number of likely N-dealkylation sites (N-methyl/N-ethyl adjacent to an activating group) is 1. The van der Waals surface area contributed by atoms with E-state index in [0.717, 1.165) is 26.2 Å². The van der Waals surface area contributed by atoms with Crippen molar-refractivity contribution in [1.82, 2.24) is 5.32 Å². The highest BCUT2D eigenvalue weighted by Gasteiger charge is 2.01. The standard InChI is InChI=1S/C7H14O3.C6H15NO/c1-6(9)5-10-7(2)3-4-8;1-3-5-8-6-4-7-2/h7-8H,3-5H2,1-2H3;7H,3-6H2,1-2H3. The van der Waals surface area contributed by atoms with Crippen molar-refractivity contribution in [1.29, 1.82) is 0 Å². The number of ether oxygens (including phenoxy) is 2. The van der Waals surface area contributed by atoms with Gasteiger partial charge in [0.15, 0.2) is 5.78 Å². The van der Waals surface area contributed by atoms with Crippen molar-refractivity contribution in [2.45, 2.75) is 39.7 Å². The zero-order valence-electron chi connectivity index (χ0n) is 12.2. The van der Waals surface area contributed by atoms with Gasteiger partial charge in [-0.05, 0) is 33.7 Å². The van der Waals surface area contributed by atoms with Gasteiger partial charge in [-0.2, -0.15) is 0 Å². The Kier molecular flexibility index (Phi) is 18.2. The van der Waals surface area contributed by atoms with Gasteiger partial charge in [-0.1, -0.05) is 6.92 Å². The lowest BCUT2D eigenvalue weighted by Gasteiger charge is -2.08. The molecule has 0 aliphatic carbocycles. The van der Waals surface area contributed by atoms with Gasteiger partial charge in [0.25, 0.3) is 0 Å². The summed E-state index contributed by atoms with van der Waals surface area (Å²) in [5.41, 5.74) is 0. The molecule has 0 spiro atoms. The molecule has 0 heterocycles. The first-order valence-electron chi connectivity index (χ1n) is 6.52. The molecule has 1 unspecified atom stereocenters. The lowest BCUT2D eigenvalue weighted by Crippen LogP contribution is -2.14. The maximum atomic E-state index is 10.4.